The minimum atomic E-state index is -4.64. The molecule has 1 saturated heterocycles. The van der Waals surface area contributed by atoms with Crippen LogP contribution in [0, 0.1) is 0 Å². The molecule has 1 aliphatic heterocycles. The number of benzene rings is 1. The molecule has 1 N–H and O–H groups in total. The number of imidazole rings is 1. The lowest BCUT2D eigenvalue weighted by Gasteiger charge is -2.38. The Morgan fingerprint density at radius 3 is 2.50 bits per heavy atom. The minimum Gasteiger partial charge on any atom is -0.508 e. The van der Waals surface area contributed by atoms with Gasteiger partial charge in [0.2, 0.25) is 10.0 Å². The van der Waals surface area contributed by atoms with Crippen molar-refractivity contribution in [3.05, 3.63) is 24.0 Å². The molecule has 22 heavy (non-hydrogen) atoms. The van der Waals surface area contributed by atoms with Crippen LogP contribution in [0.3, 0.4) is 0 Å². The molecule has 0 spiro atoms. The number of aromatic hydroxyl groups is 1. The van der Waals surface area contributed by atoms with Crippen molar-refractivity contribution in [2.75, 3.05) is 19.3 Å². The molecule has 0 aliphatic carbocycles. The van der Waals surface area contributed by atoms with Gasteiger partial charge in [0.05, 0.1) is 35.2 Å². The number of halogens is 3. The number of rotatable bonds is 2. The second kappa shape index (κ2) is 4.59. The molecule has 1 aromatic carbocycles. The van der Waals surface area contributed by atoms with Crippen LogP contribution in [0.2, 0.25) is 0 Å². The summed E-state index contributed by atoms with van der Waals surface area (Å²) in [5, 5.41) is 9.41. The Morgan fingerprint density at radius 1 is 1.32 bits per heavy atom. The van der Waals surface area contributed by atoms with E-state index in [1.54, 1.807) is 0 Å². The fourth-order valence-corrected chi connectivity index (χ4v) is 3.40. The Kier molecular flexibility index (Phi) is 3.15. The van der Waals surface area contributed by atoms with Crippen molar-refractivity contribution >= 4 is 21.1 Å². The first-order valence-corrected chi connectivity index (χ1v) is 8.14. The van der Waals surface area contributed by atoms with Crippen molar-refractivity contribution in [2.24, 2.45) is 0 Å². The second-order valence-electron chi connectivity index (χ2n) is 5.24. The first-order chi connectivity index (χ1) is 10.1. The maximum absolute atomic E-state index is 13.1. The zero-order valence-electron chi connectivity index (χ0n) is 11.4. The quantitative estimate of drug-likeness (QED) is 0.904. The van der Waals surface area contributed by atoms with Gasteiger partial charge in [-0.15, -0.1) is 0 Å². The molecule has 0 radical (unpaired) electrons. The molecule has 2 aromatic rings. The van der Waals surface area contributed by atoms with Crippen LogP contribution in [0.1, 0.15) is 11.6 Å². The third kappa shape index (κ3) is 2.41. The fraction of sp³-hybridized carbons (Fsp3) is 0.417. The zero-order chi connectivity index (χ0) is 16.3. The molecule has 2 heterocycles. The lowest BCUT2D eigenvalue weighted by Crippen LogP contribution is -2.50. The monoisotopic (exact) mass is 335 g/mol. The average molecular weight is 335 g/mol. The smallest absolute Gasteiger partial charge is 0.418 e. The predicted octanol–water partition coefficient (Wildman–Crippen LogP) is 1.58. The highest BCUT2D eigenvalue weighted by atomic mass is 32.2. The lowest BCUT2D eigenvalue weighted by atomic mass is 10.1. The lowest BCUT2D eigenvalue weighted by molar-refractivity contribution is -0.136. The van der Waals surface area contributed by atoms with Gasteiger partial charge in [-0.1, -0.05) is 0 Å². The van der Waals surface area contributed by atoms with Crippen LogP contribution in [-0.4, -0.2) is 46.7 Å². The molecule has 3 rings (SSSR count). The highest BCUT2D eigenvalue weighted by Crippen LogP contribution is 2.39. The number of phenols is 1. The number of hydrogen-bond acceptors (Lipinski definition) is 4. The van der Waals surface area contributed by atoms with Crippen LogP contribution >= 0.6 is 0 Å². The Bertz CT molecular complexity index is 838. The van der Waals surface area contributed by atoms with E-state index in [1.165, 1.54) is 15.2 Å². The Labute approximate surface area is 123 Å². The third-order valence-electron chi connectivity index (χ3n) is 3.65. The maximum Gasteiger partial charge on any atom is 0.418 e. The molecular weight excluding hydrogens is 323 g/mol. The number of nitrogens with zero attached hydrogens (tertiary/aromatic N) is 3. The van der Waals surface area contributed by atoms with Gasteiger partial charge in [-0.25, -0.2) is 13.4 Å². The van der Waals surface area contributed by atoms with Gasteiger partial charge in [-0.3, -0.25) is 0 Å². The van der Waals surface area contributed by atoms with Crippen molar-refractivity contribution in [2.45, 2.75) is 12.2 Å². The van der Waals surface area contributed by atoms with E-state index in [1.807, 2.05) is 0 Å². The maximum atomic E-state index is 13.1. The zero-order valence-corrected chi connectivity index (χ0v) is 12.2. The molecule has 0 unspecified atom stereocenters. The number of sulfonamides is 1. The van der Waals surface area contributed by atoms with Gasteiger partial charge in [0.15, 0.2) is 0 Å². The molecule has 0 saturated carbocycles. The number of aromatic nitrogens is 2. The number of alkyl halides is 3. The highest BCUT2D eigenvalue weighted by Gasteiger charge is 2.39. The Morgan fingerprint density at radius 2 is 1.95 bits per heavy atom. The van der Waals surface area contributed by atoms with Crippen LogP contribution in [-0.2, 0) is 16.2 Å². The normalized spacial score (nSPS) is 17.8. The van der Waals surface area contributed by atoms with Crippen molar-refractivity contribution in [1.29, 1.82) is 0 Å². The van der Waals surface area contributed by atoms with E-state index in [2.05, 4.69) is 4.98 Å². The molecule has 0 amide bonds. The van der Waals surface area contributed by atoms with Crippen LogP contribution in [0.15, 0.2) is 18.5 Å². The van der Waals surface area contributed by atoms with Gasteiger partial charge in [-0.2, -0.15) is 17.5 Å². The molecule has 0 bridgehead atoms. The van der Waals surface area contributed by atoms with Crippen molar-refractivity contribution in [3.8, 4) is 5.75 Å². The molecular formula is C12H12F3N3O3S. The van der Waals surface area contributed by atoms with Gasteiger partial charge >= 0.3 is 6.18 Å². The molecule has 10 heteroatoms. The summed E-state index contributed by atoms with van der Waals surface area (Å²) in [4.78, 5) is 3.88. The van der Waals surface area contributed by atoms with E-state index in [4.69, 9.17) is 0 Å². The van der Waals surface area contributed by atoms with Gasteiger partial charge in [0, 0.05) is 19.2 Å². The SMILES string of the molecule is CS(=O)(=O)N1CC(n2cnc3cc(O)cc(C(F)(F)F)c32)C1. The predicted molar refractivity (Wildman–Crippen MR) is 71.9 cm³/mol. The second-order valence-corrected chi connectivity index (χ2v) is 7.23. The fourth-order valence-electron chi connectivity index (χ4n) is 2.51. The number of fused-ring (bicyclic) bond motifs is 1. The van der Waals surface area contributed by atoms with E-state index in [-0.39, 0.29) is 24.1 Å². The van der Waals surface area contributed by atoms with Gasteiger partial charge in [0.25, 0.3) is 0 Å². The van der Waals surface area contributed by atoms with Crippen LogP contribution < -0.4 is 0 Å². The van der Waals surface area contributed by atoms with E-state index in [0.717, 1.165) is 12.3 Å². The Balaban J connectivity index is 2.06. The molecule has 6 nitrogen and oxygen atoms in total. The standard InChI is InChI=1S/C12H12F3N3O3S/c1-22(20,21)17-4-7(5-17)18-6-16-10-3-8(19)2-9(11(10)18)12(13,14)15/h2-3,6-7,19H,4-5H2,1H3. The van der Waals surface area contributed by atoms with Crippen molar-refractivity contribution in [1.82, 2.24) is 13.9 Å². The van der Waals surface area contributed by atoms with E-state index >= 15 is 0 Å². The van der Waals surface area contributed by atoms with Gasteiger partial charge in [-0.05, 0) is 6.07 Å². The van der Waals surface area contributed by atoms with E-state index in [9.17, 15) is 26.7 Å². The van der Waals surface area contributed by atoms with Crippen molar-refractivity contribution < 1.29 is 26.7 Å². The first kappa shape index (κ1) is 15.1. The summed E-state index contributed by atoms with van der Waals surface area (Å²) in [6.45, 7) is 0.199. The molecule has 1 aliphatic rings. The Hall–Kier alpha value is -1.81. The van der Waals surface area contributed by atoms with E-state index in [0.29, 0.717) is 6.07 Å². The summed E-state index contributed by atoms with van der Waals surface area (Å²) < 4.78 is 64.6. The average Bonchev–Trinajstić information content (AvgIpc) is 2.66. The first-order valence-electron chi connectivity index (χ1n) is 6.29. The van der Waals surface area contributed by atoms with Gasteiger partial charge in [0.1, 0.15) is 5.75 Å². The van der Waals surface area contributed by atoms with Crippen LogP contribution in [0.5, 0.6) is 5.75 Å². The summed E-state index contributed by atoms with van der Waals surface area (Å²) in [7, 11) is -3.35. The highest BCUT2D eigenvalue weighted by molar-refractivity contribution is 7.88. The van der Waals surface area contributed by atoms with Crippen molar-refractivity contribution in [3.63, 3.8) is 0 Å². The summed E-state index contributed by atoms with van der Waals surface area (Å²) in [6.07, 6.45) is -2.35. The van der Waals surface area contributed by atoms with Crippen LogP contribution in [0.4, 0.5) is 13.2 Å². The van der Waals surface area contributed by atoms with E-state index < -0.39 is 33.6 Å². The molecule has 0 atom stereocenters. The van der Waals surface area contributed by atoms with Gasteiger partial charge < -0.3 is 9.67 Å². The topological polar surface area (TPSA) is 75.4 Å². The summed E-state index contributed by atoms with van der Waals surface area (Å²) in [6, 6.07) is 1.38. The molecule has 1 fully saturated rings. The largest absolute Gasteiger partial charge is 0.508 e. The third-order valence-corrected chi connectivity index (χ3v) is 4.89. The number of phenolic OH excluding ortho intramolecular Hbond substituents is 1. The molecule has 120 valence electrons. The summed E-state index contributed by atoms with van der Waals surface area (Å²) >= 11 is 0. The number of hydrogen-bond donors (Lipinski definition) is 1. The summed E-state index contributed by atoms with van der Waals surface area (Å²) in [5.41, 5.74) is -1.12. The molecule has 1 aromatic heterocycles. The summed E-state index contributed by atoms with van der Waals surface area (Å²) in [5.74, 6) is -0.517. The van der Waals surface area contributed by atoms with Crippen LogP contribution in [0.25, 0.3) is 11.0 Å². The minimum absolute atomic E-state index is 0.0186.